The van der Waals surface area contributed by atoms with Gasteiger partial charge in [-0.25, -0.2) is 4.79 Å². The Morgan fingerprint density at radius 3 is 2.65 bits per heavy atom. The van der Waals surface area contributed by atoms with Crippen LogP contribution in [0.3, 0.4) is 0 Å². The number of carbonyl (C=O) groups is 2. The normalized spacial score (nSPS) is 15.6. The molecule has 23 heavy (non-hydrogen) atoms. The summed E-state index contributed by atoms with van der Waals surface area (Å²) in [5.74, 6) is -0.275. The van der Waals surface area contributed by atoms with Gasteiger partial charge in [0, 0.05) is 17.0 Å². The van der Waals surface area contributed by atoms with Crippen LogP contribution in [0.2, 0.25) is 5.02 Å². The van der Waals surface area contributed by atoms with Crippen LogP contribution in [0, 0.1) is 0 Å². The zero-order valence-electron chi connectivity index (χ0n) is 12.1. The molecule has 1 aliphatic rings. The molecule has 5 nitrogen and oxygen atoms in total. The fraction of sp³-hybridized carbons (Fsp3) is 0.176. The molecule has 0 saturated heterocycles. The lowest BCUT2D eigenvalue weighted by molar-refractivity contribution is -0.152. The number of amides is 1. The zero-order valence-corrected chi connectivity index (χ0v) is 12.9. The van der Waals surface area contributed by atoms with Crippen LogP contribution in [0.4, 0.5) is 0 Å². The Morgan fingerprint density at radius 2 is 1.96 bits per heavy atom. The highest BCUT2D eigenvalue weighted by Crippen LogP contribution is 2.31. The molecule has 2 N–H and O–H groups in total. The van der Waals surface area contributed by atoms with E-state index in [4.69, 9.17) is 26.8 Å². The molecule has 1 heterocycles. The van der Waals surface area contributed by atoms with E-state index in [0.29, 0.717) is 22.8 Å². The number of hydrogen-bond donors (Lipinski definition) is 1. The summed E-state index contributed by atoms with van der Waals surface area (Å²) in [6.07, 6.45) is -0.219. The van der Waals surface area contributed by atoms with Crippen LogP contribution in [0.25, 0.3) is 0 Å². The standard InChI is InChI=1S/C17H14ClNO4/c18-13-5-6-14-12(7-13)8-15(23-14)17(21)22-9-10-1-3-11(4-2-10)16(19)20/h1-7,15H,8-9H2,(H2,19,20)/t15-/m1/s1. The third-order valence-corrected chi connectivity index (χ3v) is 3.81. The Labute approximate surface area is 138 Å². The number of benzene rings is 2. The van der Waals surface area contributed by atoms with Crippen molar-refractivity contribution in [1.82, 2.24) is 0 Å². The maximum absolute atomic E-state index is 12.1. The van der Waals surface area contributed by atoms with E-state index in [0.717, 1.165) is 11.1 Å². The number of primary amides is 1. The van der Waals surface area contributed by atoms with Crippen molar-refractivity contribution in [2.75, 3.05) is 0 Å². The highest BCUT2D eigenvalue weighted by atomic mass is 35.5. The molecule has 118 valence electrons. The summed E-state index contributed by atoms with van der Waals surface area (Å²) in [4.78, 5) is 23.1. The maximum Gasteiger partial charge on any atom is 0.348 e. The Bertz CT molecular complexity index is 758. The van der Waals surface area contributed by atoms with Gasteiger partial charge in [-0.1, -0.05) is 23.7 Å². The van der Waals surface area contributed by atoms with Gasteiger partial charge in [0.2, 0.25) is 5.91 Å². The Morgan fingerprint density at radius 1 is 1.22 bits per heavy atom. The number of hydrogen-bond acceptors (Lipinski definition) is 4. The first-order chi connectivity index (χ1) is 11.0. The molecule has 0 aromatic heterocycles. The maximum atomic E-state index is 12.1. The second-order valence-electron chi connectivity index (χ2n) is 5.23. The van der Waals surface area contributed by atoms with Crippen molar-refractivity contribution >= 4 is 23.5 Å². The molecule has 0 fully saturated rings. The molecule has 1 atom stereocenters. The molecule has 0 saturated carbocycles. The second kappa shape index (κ2) is 6.30. The van der Waals surface area contributed by atoms with Crippen LogP contribution in [-0.2, 0) is 22.6 Å². The molecule has 6 heteroatoms. The molecule has 2 aromatic rings. The monoisotopic (exact) mass is 331 g/mol. The lowest BCUT2D eigenvalue weighted by Crippen LogP contribution is -2.27. The Balaban J connectivity index is 1.57. The molecule has 3 rings (SSSR count). The quantitative estimate of drug-likeness (QED) is 0.873. The summed E-state index contributed by atoms with van der Waals surface area (Å²) < 4.78 is 10.8. The summed E-state index contributed by atoms with van der Waals surface area (Å²) in [5, 5.41) is 0.607. The first-order valence-electron chi connectivity index (χ1n) is 7.03. The van der Waals surface area contributed by atoms with E-state index < -0.39 is 18.0 Å². The molecule has 0 unspecified atom stereocenters. The van der Waals surface area contributed by atoms with Crippen molar-refractivity contribution in [2.24, 2.45) is 5.73 Å². The van der Waals surface area contributed by atoms with Crippen LogP contribution in [0.5, 0.6) is 5.75 Å². The van der Waals surface area contributed by atoms with E-state index in [1.54, 1.807) is 42.5 Å². The smallest absolute Gasteiger partial charge is 0.348 e. The number of ether oxygens (including phenoxy) is 2. The minimum atomic E-state index is -0.659. The van der Waals surface area contributed by atoms with Gasteiger partial charge >= 0.3 is 5.97 Å². The summed E-state index contributed by atoms with van der Waals surface area (Å²) in [7, 11) is 0. The minimum absolute atomic E-state index is 0.106. The average molecular weight is 332 g/mol. The molecule has 0 radical (unpaired) electrons. The summed E-state index contributed by atoms with van der Waals surface area (Å²) in [6.45, 7) is 0.106. The lowest BCUT2D eigenvalue weighted by atomic mass is 10.1. The third-order valence-electron chi connectivity index (χ3n) is 3.58. The van der Waals surface area contributed by atoms with Gasteiger partial charge in [0.15, 0.2) is 6.10 Å². The zero-order chi connectivity index (χ0) is 16.4. The predicted molar refractivity (Wildman–Crippen MR) is 84.3 cm³/mol. The van der Waals surface area contributed by atoms with Crippen molar-refractivity contribution in [3.05, 3.63) is 64.2 Å². The van der Waals surface area contributed by atoms with Crippen molar-refractivity contribution in [2.45, 2.75) is 19.1 Å². The highest BCUT2D eigenvalue weighted by molar-refractivity contribution is 6.30. The van der Waals surface area contributed by atoms with E-state index in [2.05, 4.69) is 0 Å². The van der Waals surface area contributed by atoms with Crippen LogP contribution in [0.15, 0.2) is 42.5 Å². The van der Waals surface area contributed by atoms with E-state index in [-0.39, 0.29) is 6.61 Å². The van der Waals surface area contributed by atoms with Crippen molar-refractivity contribution in [3.8, 4) is 5.75 Å². The predicted octanol–water partition coefficient (Wildman–Crippen LogP) is 2.49. The van der Waals surface area contributed by atoms with Crippen LogP contribution in [-0.4, -0.2) is 18.0 Å². The number of fused-ring (bicyclic) bond motifs is 1. The number of halogens is 1. The molecule has 1 amide bonds. The second-order valence-corrected chi connectivity index (χ2v) is 5.67. The van der Waals surface area contributed by atoms with E-state index in [1.807, 2.05) is 0 Å². The van der Waals surface area contributed by atoms with Crippen LogP contribution < -0.4 is 10.5 Å². The SMILES string of the molecule is NC(=O)c1ccc(COC(=O)[C@H]2Cc3cc(Cl)ccc3O2)cc1. The number of nitrogens with two attached hydrogens (primary N) is 1. The van der Waals surface area contributed by atoms with Gasteiger partial charge in [0.1, 0.15) is 12.4 Å². The van der Waals surface area contributed by atoms with Crippen LogP contribution in [0.1, 0.15) is 21.5 Å². The lowest BCUT2D eigenvalue weighted by Gasteiger charge is -2.10. The Kier molecular flexibility index (Phi) is 4.21. The van der Waals surface area contributed by atoms with E-state index in [9.17, 15) is 9.59 Å². The topological polar surface area (TPSA) is 78.6 Å². The van der Waals surface area contributed by atoms with E-state index in [1.165, 1.54) is 0 Å². The van der Waals surface area contributed by atoms with Gasteiger partial charge < -0.3 is 15.2 Å². The first kappa shape index (κ1) is 15.4. The molecule has 0 spiro atoms. The van der Waals surface area contributed by atoms with Gasteiger partial charge in [-0.2, -0.15) is 0 Å². The summed E-state index contributed by atoms with van der Waals surface area (Å²) in [5.41, 5.74) is 7.24. The van der Waals surface area contributed by atoms with Gasteiger partial charge in [0.25, 0.3) is 0 Å². The fourth-order valence-corrected chi connectivity index (χ4v) is 2.56. The first-order valence-corrected chi connectivity index (χ1v) is 7.41. The van der Waals surface area contributed by atoms with Crippen molar-refractivity contribution < 1.29 is 19.1 Å². The fourth-order valence-electron chi connectivity index (χ4n) is 2.36. The van der Waals surface area contributed by atoms with Crippen molar-refractivity contribution in [3.63, 3.8) is 0 Å². The Hall–Kier alpha value is -2.53. The number of esters is 1. The average Bonchev–Trinajstić information content (AvgIpc) is 2.96. The third kappa shape index (κ3) is 3.46. The molecule has 1 aliphatic heterocycles. The molecule has 0 aliphatic carbocycles. The summed E-state index contributed by atoms with van der Waals surface area (Å²) >= 11 is 5.92. The molecule has 2 aromatic carbocycles. The van der Waals surface area contributed by atoms with E-state index >= 15 is 0 Å². The minimum Gasteiger partial charge on any atom is -0.478 e. The molecule has 0 bridgehead atoms. The highest BCUT2D eigenvalue weighted by Gasteiger charge is 2.30. The van der Waals surface area contributed by atoms with Gasteiger partial charge in [-0.05, 0) is 41.5 Å². The van der Waals surface area contributed by atoms with Gasteiger partial charge in [-0.3, -0.25) is 4.79 Å². The largest absolute Gasteiger partial charge is 0.478 e. The van der Waals surface area contributed by atoms with Gasteiger partial charge in [-0.15, -0.1) is 0 Å². The van der Waals surface area contributed by atoms with Crippen molar-refractivity contribution in [1.29, 1.82) is 0 Å². The van der Waals surface area contributed by atoms with Crippen LogP contribution >= 0.6 is 11.6 Å². The summed E-state index contributed by atoms with van der Waals surface area (Å²) in [6, 6.07) is 11.8. The number of carbonyl (C=O) groups excluding carboxylic acids is 2. The molecular weight excluding hydrogens is 318 g/mol. The molecular formula is C17H14ClNO4. The van der Waals surface area contributed by atoms with Gasteiger partial charge in [0.05, 0.1) is 0 Å². The number of rotatable bonds is 4.